The van der Waals surface area contributed by atoms with E-state index in [0.717, 1.165) is 29.2 Å². The zero-order valence-electron chi connectivity index (χ0n) is 15.1. The molecule has 2 rings (SSSR count). The molecule has 136 valence electrons. The van der Waals surface area contributed by atoms with Crippen LogP contribution in [0.4, 0.5) is 0 Å². The van der Waals surface area contributed by atoms with Crippen molar-refractivity contribution in [3.63, 3.8) is 0 Å². The van der Waals surface area contributed by atoms with Gasteiger partial charge in [0, 0.05) is 6.92 Å². The van der Waals surface area contributed by atoms with Crippen LogP contribution in [-0.2, 0) is 26.0 Å². The molecule has 0 fully saturated rings. The van der Waals surface area contributed by atoms with E-state index in [1.807, 2.05) is 48.5 Å². The quantitative estimate of drug-likeness (QED) is 0.274. The molecule has 0 aliphatic rings. The molecule has 0 spiro atoms. The van der Waals surface area contributed by atoms with Crippen LogP contribution >= 0.6 is 0 Å². The average molecular weight is 414 g/mol. The molecule has 0 amide bonds. The molecule has 1 unspecified atom stereocenters. The molecule has 0 aliphatic heterocycles. The van der Waals surface area contributed by atoms with Gasteiger partial charge in [-0.15, -0.1) is 0 Å². The molecule has 0 bridgehead atoms. The first kappa shape index (κ1) is 20.1. The predicted octanol–water partition coefficient (Wildman–Crippen LogP) is 2.90. The number of aryl methyl sites for hydroxylation is 1. The van der Waals surface area contributed by atoms with Crippen molar-refractivity contribution in [3.8, 4) is 0 Å². The number of rotatable bonds is 9. The van der Waals surface area contributed by atoms with Gasteiger partial charge in [-0.3, -0.25) is 4.79 Å². The zero-order valence-corrected chi connectivity index (χ0v) is 17.2. The number of ketones is 1. The number of esters is 1. The second kappa shape index (κ2) is 10.1. The minimum absolute atomic E-state index is 0.00870. The Balaban J connectivity index is 1.92. The van der Waals surface area contributed by atoms with E-state index in [2.05, 4.69) is 0 Å². The van der Waals surface area contributed by atoms with Crippen molar-refractivity contribution < 1.29 is 19.1 Å². The number of carbonyl (C=O) groups excluding carboxylic acids is 3. The summed E-state index contributed by atoms with van der Waals surface area (Å²) in [6, 6.07) is 15.1. The Morgan fingerprint density at radius 1 is 0.846 bits per heavy atom. The Hall–Kier alpha value is -2.19. The van der Waals surface area contributed by atoms with E-state index in [1.54, 1.807) is 6.92 Å². The van der Waals surface area contributed by atoms with Crippen LogP contribution in [0.1, 0.15) is 47.3 Å². The number of benzene rings is 2. The van der Waals surface area contributed by atoms with E-state index in [-0.39, 0.29) is 16.3 Å². The first-order chi connectivity index (χ1) is 12.5. The Labute approximate surface area is 160 Å². The van der Waals surface area contributed by atoms with Crippen molar-refractivity contribution >= 4 is 32.1 Å². The number of hydrogen-bond donors (Lipinski definition) is 0. The van der Waals surface area contributed by atoms with Crippen molar-refractivity contribution in [1.29, 1.82) is 0 Å². The second-order valence-electron chi connectivity index (χ2n) is 6.08. The van der Waals surface area contributed by atoms with Crippen LogP contribution in [-0.4, -0.2) is 38.7 Å². The zero-order chi connectivity index (χ0) is 18.9. The summed E-state index contributed by atoms with van der Waals surface area (Å²) in [7, 11) is 0. The third-order valence-corrected chi connectivity index (χ3v) is 6.16. The van der Waals surface area contributed by atoms with Gasteiger partial charge in [0.05, 0.1) is 6.61 Å². The van der Waals surface area contributed by atoms with Crippen LogP contribution in [0.5, 0.6) is 0 Å². The van der Waals surface area contributed by atoms with Gasteiger partial charge >= 0.3 is 137 Å². The van der Waals surface area contributed by atoms with E-state index in [4.69, 9.17) is 4.74 Å². The molecule has 5 heteroatoms. The number of ether oxygens (including phenoxy) is 1. The van der Waals surface area contributed by atoms with Gasteiger partial charge in [0.15, 0.2) is 0 Å². The molecule has 0 radical (unpaired) electrons. The first-order valence-corrected chi connectivity index (χ1v) is 11.1. The summed E-state index contributed by atoms with van der Waals surface area (Å²) in [6.45, 7) is 3.45. The number of carbonyl (C=O) groups is 3. The van der Waals surface area contributed by atoms with Gasteiger partial charge in [-0.05, 0) is 0 Å². The SMILES string of the molecule is CC(=O)OCCCc1ccc(C(=O)c2ccc(C[AsH]C(C)=O)cc2)cc1. The van der Waals surface area contributed by atoms with Crippen LogP contribution in [0.15, 0.2) is 48.5 Å². The van der Waals surface area contributed by atoms with Crippen molar-refractivity contribution in [3.05, 3.63) is 70.8 Å². The van der Waals surface area contributed by atoms with Gasteiger partial charge in [-0.25, -0.2) is 0 Å². The van der Waals surface area contributed by atoms with Crippen LogP contribution in [0.25, 0.3) is 0 Å². The van der Waals surface area contributed by atoms with Gasteiger partial charge in [-0.1, -0.05) is 0 Å². The molecule has 0 aromatic heterocycles. The summed E-state index contributed by atoms with van der Waals surface area (Å²) in [5, 5.41) is 0.825. The maximum absolute atomic E-state index is 12.6. The Morgan fingerprint density at radius 2 is 1.38 bits per heavy atom. The molecule has 0 N–H and O–H groups in total. The fourth-order valence-corrected chi connectivity index (χ4v) is 3.93. The third-order valence-electron chi connectivity index (χ3n) is 3.89. The van der Waals surface area contributed by atoms with Crippen LogP contribution < -0.4 is 0 Å². The average Bonchev–Trinajstić information content (AvgIpc) is 2.64. The fourth-order valence-electron chi connectivity index (χ4n) is 2.48. The first-order valence-electron chi connectivity index (χ1n) is 8.56. The van der Waals surface area contributed by atoms with E-state index in [1.165, 1.54) is 6.92 Å². The summed E-state index contributed by atoms with van der Waals surface area (Å²) in [4.78, 5) is 34.4. The second-order valence-corrected chi connectivity index (χ2v) is 9.04. The molecule has 0 saturated heterocycles. The van der Waals surface area contributed by atoms with Gasteiger partial charge in [0.2, 0.25) is 0 Å². The van der Waals surface area contributed by atoms with Crippen molar-refractivity contribution in [2.75, 3.05) is 6.61 Å². The van der Waals surface area contributed by atoms with Crippen LogP contribution in [0.3, 0.4) is 0 Å². The van der Waals surface area contributed by atoms with Gasteiger partial charge in [0.1, 0.15) is 0 Å². The standard InChI is InChI=1S/C21H23AsO4/c1-15(23)22-14-18-7-11-20(12-8-18)21(25)19-9-5-17(6-10-19)4-3-13-26-16(2)24/h5-12,22H,3-4,13-14H2,1-2H3. The molecule has 1 atom stereocenters. The maximum atomic E-state index is 12.6. The summed E-state index contributed by atoms with van der Waals surface area (Å²) in [6.07, 6.45) is 1.56. The van der Waals surface area contributed by atoms with E-state index in [0.29, 0.717) is 17.7 Å². The summed E-state index contributed by atoms with van der Waals surface area (Å²) < 4.78 is 5.20. The Kier molecular flexibility index (Phi) is 7.80. The summed E-state index contributed by atoms with van der Waals surface area (Å²) >= 11 is -0.582. The molecule has 0 heterocycles. The van der Waals surface area contributed by atoms with Gasteiger partial charge in [0.25, 0.3) is 0 Å². The summed E-state index contributed by atoms with van der Waals surface area (Å²) in [5.74, 6) is -0.272. The molecule has 4 nitrogen and oxygen atoms in total. The Morgan fingerprint density at radius 3 is 1.88 bits per heavy atom. The normalized spacial score (nSPS) is 10.8. The van der Waals surface area contributed by atoms with Crippen molar-refractivity contribution in [1.82, 2.24) is 0 Å². The van der Waals surface area contributed by atoms with E-state index >= 15 is 0 Å². The number of hydrogen-bond acceptors (Lipinski definition) is 4. The monoisotopic (exact) mass is 414 g/mol. The molecule has 2 aromatic rings. The Bertz CT molecular complexity index is 764. The van der Waals surface area contributed by atoms with Gasteiger partial charge in [-0.2, -0.15) is 0 Å². The molecule has 2 aromatic carbocycles. The topological polar surface area (TPSA) is 60.4 Å². The van der Waals surface area contributed by atoms with Crippen LogP contribution in [0.2, 0.25) is 0 Å². The third kappa shape index (κ3) is 6.61. The van der Waals surface area contributed by atoms with Gasteiger partial charge < -0.3 is 4.74 Å². The minimum atomic E-state index is -0.582. The summed E-state index contributed by atoms with van der Waals surface area (Å²) in [5.41, 5.74) is 3.52. The van der Waals surface area contributed by atoms with Crippen LogP contribution in [0, 0.1) is 0 Å². The van der Waals surface area contributed by atoms with Crippen molar-refractivity contribution in [2.45, 2.75) is 31.9 Å². The fraction of sp³-hybridized carbons (Fsp3) is 0.286. The molecule has 0 aliphatic carbocycles. The van der Waals surface area contributed by atoms with Crippen molar-refractivity contribution in [2.24, 2.45) is 0 Å². The van der Waals surface area contributed by atoms with E-state index in [9.17, 15) is 14.4 Å². The molecular formula is C21H23AsO4. The molecule has 0 saturated carbocycles. The predicted molar refractivity (Wildman–Crippen MR) is 103 cm³/mol. The van der Waals surface area contributed by atoms with E-state index < -0.39 is 15.8 Å². The molecular weight excluding hydrogens is 391 g/mol. The molecule has 26 heavy (non-hydrogen) atoms.